The summed E-state index contributed by atoms with van der Waals surface area (Å²) >= 11 is 0. The molecule has 0 saturated carbocycles. The molecule has 0 aromatic rings. The first-order valence-corrected chi connectivity index (χ1v) is 11.5. The van der Waals surface area contributed by atoms with Crippen LogP contribution >= 0.6 is 0 Å². The van der Waals surface area contributed by atoms with Crippen LogP contribution < -0.4 is 0 Å². The average Bonchev–Trinajstić information content (AvgIpc) is 2.69. The van der Waals surface area contributed by atoms with Crippen molar-refractivity contribution in [1.29, 1.82) is 0 Å². The van der Waals surface area contributed by atoms with E-state index in [1.54, 1.807) is 0 Å². The van der Waals surface area contributed by atoms with Gasteiger partial charge in [-0.25, -0.2) is 0 Å². The molecule has 1 fully saturated rings. The number of aliphatic imine (C=N–C) groups is 1. The van der Waals surface area contributed by atoms with Crippen LogP contribution in [0.2, 0.25) is 0 Å². The van der Waals surface area contributed by atoms with Crippen LogP contribution in [-0.4, -0.2) is 43.2 Å². The van der Waals surface area contributed by atoms with Gasteiger partial charge in [-0.2, -0.15) is 0 Å². The second kappa shape index (κ2) is 14.8. The van der Waals surface area contributed by atoms with Gasteiger partial charge < -0.3 is 14.6 Å². The predicted molar refractivity (Wildman–Crippen MR) is 129 cm³/mol. The lowest BCUT2D eigenvalue weighted by Crippen LogP contribution is -2.48. The number of unbranched alkanes of at least 4 members (excludes halogenated alkanes) is 4. The monoisotopic (exact) mass is 431 g/mol. The Bertz CT molecular complexity index is 694. The van der Waals surface area contributed by atoms with Gasteiger partial charge in [0.05, 0.1) is 19.8 Å². The first-order valence-electron chi connectivity index (χ1n) is 11.5. The van der Waals surface area contributed by atoms with Gasteiger partial charge >= 0.3 is 5.97 Å². The van der Waals surface area contributed by atoms with Crippen molar-refractivity contribution in [3.8, 4) is 0 Å². The molecule has 0 atom stereocenters. The number of hydrogen-bond acceptors (Lipinski definition) is 4. The largest absolute Gasteiger partial charge is 0.494 e. The Morgan fingerprint density at radius 3 is 2.32 bits per heavy atom. The molecule has 1 N–H and O–H groups in total. The van der Waals surface area contributed by atoms with E-state index in [0.29, 0.717) is 25.9 Å². The van der Waals surface area contributed by atoms with E-state index in [9.17, 15) is 9.90 Å². The average molecular weight is 432 g/mol. The Balaban J connectivity index is 2.27. The first-order chi connectivity index (χ1) is 14.8. The molecule has 0 aromatic carbocycles. The number of carbonyl (C=O) groups is 1. The maximum Gasteiger partial charge on any atom is 0.314 e. The van der Waals surface area contributed by atoms with Crippen LogP contribution in [0.25, 0.3) is 0 Å². The fraction of sp³-hybridized carbons (Fsp3) is 0.615. The third-order valence-electron chi connectivity index (χ3n) is 5.47. The van der Waals surface area contributed by atoms with Crippen LogP contribution in [0.3, 0.4) is 0 Å². The summed E-state index contributed by atoms with van der Waals surface area (Å²) in [5.74, 6) is 0.158. The molecule has 174 valence electrons. The normalized spacial score (nSPS) is 17.5. The minimum absolute atomic E-state index is 0.301. The highest BCUT2D eigenvalue weighted by molar-refractivity contribution is 5.76. The summed E-state index contributed by atoms with van der Waals surface area (Å²) in [4.78, 5) is 15.7. The lowest BCUT2D eigenvalue weighted by molar-refractivity contribution is -0.181. The number of aliphatic carboxylic acids is 1. The second-order valence-electron chi connectivity index (χ2n) is 8.45. The highest BCUT2D eigenvalue weighted by Crippen LogP contribution is 2.33. The molecule has 0 aromatic heterocycles. The van der Waals surface area contributed by atoms with Gasteiger partial charge in [0, 0.05) is 12.3 Å². The molecule has 5 nitrogen and oxygen atoms in total. The van der Waals surface area contributed by atoms with Crippen LogP contribution in [0.1, 0.15) is 73.1 Å². The van der Waals surface area contributed by atoms with Crippen molar-refractivity contribution in [3.05, 3.63) is 47.3 Å². The highest BCUT2D eigenvalue weighted by Gasteiger charge is 2.45. The van der Waals surface area contributed by atoms with Crippen LogP contribution in [-0.2, 0) is 14.3 Å². The number of hydrogen-bond donors (Lipinski definition) is 1. The van der Waals surface area contributed by atoms with Crippen LogP contribution in [0.15, 0.2) is 52.3 Å². The summed E-state index contributed by atoms with van der Waals surface area (Å²) in [5, 5.41) is 9.29. The van der Waals surface area contributed by atoms with Gasteiger partial charge in [0.1, 0.15) is 11.2 Å². The summed E-state index contributed by atoms with van der Waals surface area (Å²) in [5.41, 5.74) is 1.70. The Kier molecular flexibility index (Phi) is 12.8. The van der Waals surface area contributed by atoms with Gasteiger partial charge in [-0.15, -0.1) is 0 Å². The molecule has 1 aliphatic rings. The molecule has 0 aliphatic carbocycles. The number of allylic oxidation sites excluding steroid dienone is 7. The number of carboxylic acids is 1. The van der Waals surface area contributed by atoms with Crippen LogP contribution in [0.4, 0.5) is 0 Å². The topological polar surface area (TPSA) is 68.1 Å². The Morgan fingerprint density at radius 1 is 1.10 bits per heavy atom. The van der Waals surface area contributed by atoms with Crippen molar-refractivity contribution in [2.24, 2.45) is 10.4 Å². The lowest BCUT2D eigenvalue weighted by Gasteiger charge is -2.37. The first kappa shape index (κ1) is 26.9. The van der Waals surface area contributed by atoms with Crippen molar-refractivity contribution < 1.29 is 19.4 Å². The van der Waals surface area contributed by atoms with Gasteiger partial charge in [-0.3, -0.25) is 9.79 Å². The molecule has 0 spiro atoms. The minimum atomic E-state index is -0.713. The molecule has 31 heavy (non-hydrogen) atoms. The van der Waals surface area contributed by atoms with E-state index in [1.807, 2.05) is 38.3 Å². The van der Waals surface area contributed by atoms with E-state index < -0.39 is 11.4 Å². The Morgan fingerprint density at radius 2 is 1.77 bits per heavy atom. The van der Waals surface area contributed by atoms with Gasteiger partial charge in [0.2, 0.25) is 0 Å². The maximum absolute atomic E-state index is 11.3. The molecular weight excluding hydrogens is 390 g/mol. The van der Waals surface area contributed by atoms with Crippen molar-refractivity contribution in [2.75, 3.05) is 19.8 Å². The van der Waals surface area contributed by atoms with Gasteiger partial charge in [-0.1, -0.05) is 37.8 Å². The SMILES string of the molecule is C\C=C(/C=C\C(=C/C)C(\C)=C\C=NC(C)C)OCCCCCCCC1(C(=O)O)COC1. The molecule has 5 heteroatoms. The molecular formula is C26H41NO4. The highest BCUT2D eigenvalue weighted by atomic mass is 16.5. The zero-order valence-corrected chi connectivity index (χ0v) is 20.0. The van der Waals surface area contributed by atoms with Crippen molar-refractivity contribution in [2.45, 2.75) is 79.2 Å². The second-order valence-corrected chi connectivity index (χ2v) is 8.45. The molecule has 1 saturated heterocycles. The molecule has 1 aliphatic heterocycles. The van der Waals surface area contributed by atoms with Crippen LogP contribution in [0.5, 0.6) is 0 Å². The number of carboxylic acid groups (broad SMARTS) is 1. The number of rotatable bonds is 15. The fourth-order valence-corrected chi connectivity index (χ4v) is 3.29. The third kappa shape index (κ3) is 10.1. The Hall–Kier alpha value is -2.14. The van der Waals surface area contributed by atoms with Crippen molar-refractivity contribution in [1.82, 2.24) is 0 Å². The molecule has 0 radical (unpaired) electrons. The summed E-state index contributed by atoms with van der Waals surface area (Å²) < 4.78 is 11.0. The van der Waals surface area contributed by atoms with E-state index in [0.717, 1.165) is 55.4 Å². The molecule has 1 heterocycles. The molecule has 0 unspecified atom stereocenters. The smallest absolute Gasteiger partial charge is 0.314 e. The van der Waals surface area contributed by atoms with Gasteiger partial charge in [0.15, 0.2) is 0 Å². The van der Waals surface area contributed by atoms with E-state index in [4.69, 9.17) is 9.47 Å². The summed E-state index contributed by atoms with van der Waals surface area (Å²) in [7, 11) is 0. The van der Waals surface area contributed by atoms with Crippen LogP contribution in [0, 0.1) is 5.41 Å². The molecule has 0 bridgehead atoms. The van der Waals surface area contributed by atoms with E-state index in [2.05, 4.69) is 37.9 Å². The zero-order valence-electron chi connectivity index (χ0n) is 20.0. The maximum atomic E-state index is 11.3. The van der Waals surface area contributed by atoms with E-state index in [1.165, 1.54) is 0 Å². The summed E-state index contributed by atoms with van der Waals surface area (Å²) in [6.45, 7) is 11.6. The van der Waals surface area contributed by atoms with Crippen molar-refractivity contribution >= 4 is 12.2 Å². The van der Waals surface area contributed by atoms with Crippen molar-refractivity contribution in [3.63, 3.8) is 0 Å². The summed E-state index contributed by atoms with van der Waals surface area (Å²) in [6.07, 6.45) is 18.0. The molecule has 1 rings (SSSR count). The lowest BCUT2D eigenvalue weighted by atomic mass is 9.81. The zero-order chi connectivity index (χ0) is 23.1. The number of ether oxygens (including phenoxy) is 2. The van der Waals surface area contributed by atoms with E-state index >= 15 is 0 Å². The fourth-order valence-electron chi connectivity index (χ4n) is 3.29. The minimum Gasteiger partial charge on any atom is -0.494 e. The van der Waals surface area contributed by atoms with Gasteiger partial charge in [-0.05, 0) is 76.8 Å². The predicted octanol–water partition coefficient (Wildman–Crippen LogP) is 6.28. The third-order valence-corrected chi connectivity index (χ3v) is 5.47. The quantitative estimate of drug-likeness (QED) is 0.143. The standard InChI is InChI=1S/C26H41NO4/c1-6-23(22(5)15-17-27-21(3)4)13-14-24(7-2)31-18-12-10-8-9-11-16-26(25(28)29)19-30-20-26/h6-7,13-15,17,21H,8-12,16,18-20H2,1-5H3,(H,28,29)/b14-13-,22-15+,23-6+,24-7+,27-17?. The van der Waals surface area contributed by atoms with Gasteiger partial charge in [0.25, 0.3) is 0 Å². The molecule has 0 amide bonds. The number of nitrogens with zero attached hydrogens (tertiary/aromatic N) is 1. The Labute approximate surface area is 188 Å². The summed E-state index contributed by atoms with van der Waals surface area (Å²) in [6, 6.07) is 0.301. The van der Waals surface area contributed by atoms with E-state index in [-0.39, 0.29) is 0 Å².